The monoisotopic (exact) mass is 400 g/mol. The minimum absolute atomic E-state index is 0.0855. The van der Waals surface area contributed by atoms with Crippen LogP contribution in [-0.2, 0) is 26.2 Å². The van der Waals surface area contributed by atoms with E-state index < -0.39 is 10.2 Å². The molecule has 1 aliphatic rings. The fraction of sp³-hybridized carbons (Fsp3) is 0.316. The molecule has 8 nitrogen and oxygen atoms in total. The van der Waals surface area contributed by atoms with Crippen LogP contribution in [0, 0.1) is 0 Å². The average Bonchev–Trinajstić information content (AvgIpc) is 3.08. The van der Waals surface area contributed by atoms with Crippen LogP contribution in [0.15, 0.2) is 41.4 Å². The summed E-state index contributed by atoms with van der Waals surface area (Å²) in [6, 6.07) is 8.23. The average molecular weight is 400 g/mol. The Morgan fingerprint density at radius 2 is 1.89 bits per heavy atom. The Bertz CT molecular complexity index is 1080. The summed E-state index contributed by atoms with van der Waals surface area (Å²) in [6.45, 7) is 2.13. The Hall–Kier alpha value is -2.62. The first-order valence-corrected chi connectivity index (χ1v) is 10.7. The van der Waals surface area contributed by atoms with Gasteiger partial charge in [0.15, 0.2) is 10.5 Å². The third-order valence-corrected chi connectivity index (χ3v) is 5.94. The van der Waals surface area contributed by atoms with Gasteiger partial charge in [-0.15, -0.1) is 4.21 Å². The van der Waals surface area contributed by atoms with Crippen molar-refractivity contribution in [3.63, 3.8) is 0 Å². The number of nitrogens with zero attached hydrogens (tertiary/aromatic N) is 4. The van der Waals surface area contributed by atoms with Crippen LogP contribution in [0.25, 0.3) is 22.3 Å². The van der Waals surface area contributed by atoms with Crippen molar-refractivity contribution in [3.8, 4) is 11.3 Å². The van der Waals surface area contributed by atoms with Gasteiger partial charge in [0.2, 0.25) is 0 Å². The van der Waals surface area contributed by atoms with E-state index >= 15 is 0 Å². The molecule has 0 bridgehead atoms. The number of hydrogen-bond donors (Lipinski definition) is 0. The number of morpholine rings is 1. The molecule has 146 valence electrons. The molecule has 3 aromatic rings. The molecule has 1 aliphatic heterocycles. The van der Waals surface area contributed by atoms with E-state index in [1.54, 1.807) is 53.2 Å². The van der Waals surface area contributed by atoms with E-state index in [2.05, 4.69) is 10.1 Å². The molecule has 0 radical (unpaired) electrons. The summed E-state index contributed by atoms with van der Waals surface area (Å²) in [5.74, 6) is -0.0855. The van der Waals surface area contributed by atoms with Gasteiger partial charge in [-0.3, -0.25) is 9.48 Å². The zero-order valence-electron chi connectivity index (χ0n) is 15.6. The summed E-state index contributed by atoms with van der Waals surface area (Å²) in [6.07, 6.45) is 2.81. The number of fused-ring (bicyclic) bond motifs is 1. The topological polar surface area (TPSA) is 100 Å². The van der Waals surface area contributed by atoms with Gasteiger partial charge in [0, 0.05) is 25.7 Å². The molecule has 2 aromatic heterocycles. The highest BCUT2D eigenvalue weighted by molar-refractivity contribution is 7.97. The fourth-order valence-corrected chi connectivity index (χ4v) is 3.88. The van der Waals surface area contributed by atoms with E-state index in [1.807, 2.05) is 0 Å². The molecule has 1 atom stereocenters. The number of aromatic nitrogens is 3. The third kappa shape index (κ3) is 3.44. The summed E-state index contributed by atoms with van der Waals surface area (Å²) in [5.41, 5.74) is 2.45. The van der Waals surface area contributed by atoms with Gasteiger partial charge in [-0.05, 0) is 30.3 Å². The molecule has 0 N–H and O–H groups in total. The fourth-order valence-electron chi connectivity index (χ4n) is 3.25. The van der Waals surface area contributed by atoms with E-state index in [4.69, 9.17) is 4.74 Å². The molecular weight excluding hydrogens is 380 g/mol. The number of carbonyl (C=O) groups excluding carboxylic acids is 1. The predicted molar refractivity (Wildman–Crippen MR) is 104 cm³/mol. The molecule has 1 amide bonds. The van der Waals surface area contributed by atoms with Crippen LogP contribution in [0.5, 0.6) is 0 Å². The van der Waals surface area contributed by atoms with E-state index in [1.165, 1.54) is 6.26 Å². The first-order valence-electron chi connectivity index (χ1n) is 8.85. The maximum atomic E-state index is 13.1. The molecule has 0 aliphatic carbocycles. The van der Waals surface area contributed by atoms with Crippen LogP contribution in [-0.4, -0.2) is 62.7 Å². The largest absolute Gasteiger partial charge is 0.610 e. The van der Waals surface area contributed by atoms with Crippen LogP contribution in [0.2, 0.25) is 0 Å². The number of rotatable bonds is 3. The number of pyridine rings is 1. The second-order valence-corrected chi connectivity index (χ2v) is 8.78. The predicted octanol–water partition coefficient (Wildman–Crippen LogP) is 1.73. The first kappa shape index (κ1) is 18.7. The van der Waals surface area contributed by atoms with Gasteiger partial charge in [-0.1, -0.05) is 0 Å². The zero-order chi connectivity index (χ0) is 19.9. The molecule has 0 spiro atoms. The number of amides is 1. The molecule has 1 aromatic carbocycles. The lowest BCUT2D eigenvalue weighted by Crippen LogP contribution is -2.40. The van der Waals surface area contributed by atoms with Crippen molar-refractivity contribution in [2.75, 3.05) is 32.6 Å². The normalized spacial score (nSPS) is 16.9. The standard InChI is InChI=1S/C19H20N4O4S/c1-22-18-16(12-20-22)15(19(24)23-7-9-27-10-8-23)11-17(21-18)13-3-5-14(6-4-13)28(2,25)26/h3-6,11-12H,7-10H2,1-2H3. The number of hydrogen-bond acceptors (Lipinski definition) is 6. The van der Waals surface area contributed by atoms with Gasteiger partial charge >= 0.3 is 0 Å². The van der Waals surface area contributed by atoms with Crippen LogP contribution >= 0.6 is 0 Å². The number of ether oxygens (including phenoxy) is 1. The highest BCUT2D eigenvalue weighted by Crippen LogP contribution is 2.27. The van der Waals surface area contributed by atoms with Gasteiger partial charge in [0.25, 0.3) is 5.91 Å². The van der Waals surface area contributed by atoms with Crippen molar-refractivity contribution in [1.82, 2.24) is 19.7 Å². The minimum atomic E-state index is -3.28. The summed E-state index contributed by atoms with van der Waals surface area (Å²) in [7, 11) is -1.50. The summed E-state index contributed by atoms with van der Waals surface area (Å²) < 4.78 is 30.4. The van der Waals surface area contributed by atoms with E-state index in [0.29, 0.717) is 48.6 Å². The molecule has 1 saturated heterocycles. The van der Waals surface area contributed by atoms with Crippen molar-refractivity contribution in [2.24, 2.45) is 7.05 Å². The SMILES string of the molecule is Cn1ncc2c(C(=O)N3CCOCC3)cc(-c3ccc([S+](C)(=O)[O-])cc3)nc21. The molecule has 1 unspecified atom stereocenters. The van der Waals surface area contributed by atoms with Crippen molar-refractivity contribution in [3.05, 3.63) is 42.1 Å². The van der Waals surface area contributed by atoms with E-state index in [9.17, 15) is 13.6 Å². The third-order valence-electron chi connectivity index (χ3n) is 4.81. The van der Waals surface area contributed by atoms with Crippen LogP contribution in [0.3, 0.4) is 0 Å². The van der Waals surface area contributed by atoms with Crippen molar-refractivity contribution in [1.29, 1.82) is 0 Å². The first-order chi connectivity index (χ1) is 13.3. The molecule has 9 heteroatoms. The Balaban J connectivity index is 1.80. The smallest absolute Gasteiger partial charge is 0.254 e. The maximum absolute atomic E-state index is 13.1. The van der Waals surface area contributed by atoms with Gasteiger partial charge in [-0.2, -0.15) is 5.10 Å². The molecule has 4 rings (SSSR count). The molecular formula is C19H20N4O4S. The van der Waals surface area contributed by atoms with Gasteiger partial charge < -0.3 is 14.2 Å². The summed E-state index contributed by atoms with van der Waals surface area (Å²) >= 11 is 0. The highest BCUT2D eigenvalue weighted by atomic mass is 32.3. The Morgan fingerprint density at radius 1 is 1.21 bits per heavy atom. The minimum Gasteiger partial charge on any atom is -0.610 e. The van der Waals surface area contributed by atoms with Crippen molar-refractivity contribution in [2.45, 2.75) is 4.90 Å². The Labute approximate surface area is 163 Å². The second-order valence-electron chi connectivity index (χ2n) is 6.76. The van der Waals surface area contributed by atoms with Gasteiger partial charge in [0.1, 0.15) is 6.26 Å². The quantitative estimate of drug-likeness (QED) is 0.621. The lowest BCUT2D eigenvalue weighted by molar-refractivity contribution is 0.0304. The van der Waals surface area contributed by atoms with E-state index in [-0.39, 0.29) is 10.8 Å². The lowest BCUT2D eigenvalue weighted by atomic mass is 10.1. The lowest BCUT2D eigenvalue weighted by Gasteiger charge is -2.27. The number of sulfone groups is 1. The molecule has 3 heterocycles. The Morgan fingerprint density at radius 3 is 2.54 bits per heavy atom. The van der Waals surface area contributed by atoms with Crippen LogP contribution in [0.1, 0.15) is 10.4 Å². The molecule has 28 heavy (non-hydrogen) atoms. The number of aryl methyl sites for hydroxylation is 1. The summed E-state index contributed by atoms with van der Waals surface area (Å²) in [5, 5.41) is 4.93. The van der Waals surface area contributed by atoms with Crippen molar-refractivity contribution >= 4 is 27.2 Å². The molecule has 1 fully saturated rings. The van der Waals surface area contributed by atoms with Crippen LogP contribution in [0.4, 0.5) is 0 Å². The number of carbonyl (C=O) groups is 1. The highest BCUT2D eigenvalue weighted by Gasteiger charge is 2.23. The number of benzene rings is 1. The van der Waals surface area contributed by atoms with E-state index in [0.717, 1.165) is 5.56 Å². The summed E-state index contributed by atoms with van der Waals surface area (Å²) in [4.78, 5) is 19.8. The van der Waals surface area contributed by atoms with Gasteiger partial charge in [0.05, 0.1) is 46.3 Å². The maximum Gasteiger partial charge on any atom is 0.254 e. The van der Waals surface area contributed by atoms with Crippen LogP contribution < -0.4 is 0 Å². The van der Waals surface area contributed by atoms with Crippen molar-refractivity contribution < 1.29 is 18.3 Å². The second kappa shape index (κ2) is 7.08. The van der Waals surface area contributed by atoms with Gasteiger partial charge in [-0.25, -0.2) is 4.98 Å². The molecule has 0 saturated carbocycles. The zero-order valence-corrected chi connectivity index (χ0v) is 16.4. The Kier molecular flexibility index (Phi) is 4.74.